The van der Waals surface area contributed by atoms with E-state index in [0.29, 0.717) is 6.54 Å². The molecule has 0 radical (unpaired) electrons. The average Bonchev–Trinajstić information content (AvgIpc) is 2.59. The number of carbonyl (C=O) groups excluding carboxylic acids is 1. The molecule has 0 aliphatic rings. The lowest BCUT2D eigenvalue weighted by atomic mass is 10.0. The van der Waals surface area contributed by atoms with Gasteiger partial charge in [0.05, 0.1) is 0 Å². The van der Waals surface area contributed by atoms with Crippen molar-refractivity contribution in [1.82, 2.24) is 5.32 Å². The van der Waals surface area contributed by atoms with E-state index in [1.807, 2.05) is 48.5 Å². The van der Waals surface area contributed by atoms with Crippen LogP contribution in [0, 0.1) is 0 Å². The smallest absolute Gasteiger partial charge is 0.404 e. The molecule has 5 N–H and O–H groups in total. The maximum atomic E-state index is 10.9. The van der Waals surface area contributed by atoms with E-state index in [4.69, 9.17) is 16.2 Å². The number of primary amides is 1. The number of benzene rings is 2. The maximum Gasteiger partial charge on any atom is 0.404 e. The van der Waals surface area contributed by atoms with Crippen LogP contribution in [-0.4, -0.2) is 31.3 Å². The highest BCUT2D eigenvalue weighted by Crippen LogP contribution is 2.05. The van der Waals surface area contributed by atoms with Crippen molar-refractivity contribution in [2.75, 3.05) is 13.2 Å². The van der Waals surface area contributed by atoms with Gasteiger partial charge in [-0.05, 0) is 24.0 Å². The topological polar surface area (TPSA) is 90.4 Å². The lowest BCUT2D eigenvalue weighted by Gasteiger charge is -2.21. The fraction of sp³-hybridized carbons (Fsp3) is 0.316. The van der Waals surface area contributed by atoms with Crippen LogP contribution in [0.3, 0.4) is 0 Å². The normalized spacial score (nSPS) is 13.2. The molecule has 0 unspecified atom stereocenters. The summed E-state index contributed by atoms with van der Waals surface area (Å²) in [6.07, 6.45) is 0.776. The Kier molecular flexibility index (Phi) is 7.26. The second kappa shape index (κ2) is 9.70. The summed E-state index contributed by atoms with van der Waals surface area (Å²) < 4.78 is 4.96. The Morgan fingerprint density at radius 1 is 0.958 bits per heavy atom. The van der Waals surface area contributed by atoms with E-state index in [9.17, 15) is 4.79 Å². The van der Waals surface area contributed by atoms with Gasteiger partial charge in [-0.1, -0.05) is 60.7 Å². The molecule has 0 aromatic heterocycles. The van der Waals surface area contributed by atoms with E-state index < -0.39 is 6.09 Å². The highest BCUT2D eigenvalue weighted by atomic mass is 16.5. The van der Waals surface area contributed by atoms with Gasteiger partial charge in [0.2, 0.25) is 0 Å². The van der Waals surface area contributed by atoms with Crippen LogP contribution in [0.25, 0.3) is 0 Å². The molecule has 5 nitrogen and oxygen atoms in total. The fourth-order valence-corrected chi connectivity index (χ4v) is 2.58. The molecule has 0 fully saturated rings. The molecule has 2 aromatic rings. The monoisotopic (exact) mass is 327 g/mol. The van der Waals surface area contributed by atoms with Gasteiger partial charge in [-0.2, -0.15) is 0 Å². The summed E-state index contributed by atoms with van der Waals surface area (Å²) in [5.41, 5.74) is 13.7. The van der Waals surface area contributed by atoms with E-state index in [1.165, 1.54) is 11.1 Å². The maximum absolute atomic E-state index is 10.9. The molecule has 2 rings (SSSR count). The van der Waals surface area contributed by atoms with Crippen molar-refractivity contribution in [2.24, 2.45) is 11.5 Å². The molecule has 2 atom stereocenters. The van der Waals surface area contributed by atoms with Gasteiger partial charge in [0.15, 0.2) is 0 Å². The van der Waals surface area contributed by atoms with Gasteiger partial charge < -0.3 is 21.5 Å². The molecule has 0 saturated carbocycles. The summed E-state index contributed by atoms with van der Waals surface area (Å²) in [7, 11) is 0. The third kappa shape index (κ3) is 6.81. The number of hydrogen-bond acceptors (Lipinski definition) is 4. The van der Waals surface area contributed by atoms with Crippen molar-refractivity contribution < 1.29 is 9.53 Å². The van der Waals surface area contributed by atoms with Crippen LogP contribution in [-0.2, 0) is 17.6 Å². The first-order valence-corrected chi connectivity index (χ1v) is 8.12. The third-order valence-corrected chi connectivity index (χ3v) is 3.76. The van der Waals surface area contributed by atoms with E-state index in [1.54, 1.807) is 0 Å². The summed E-state index contributed by atoms with van der Waals surface area (Å²) in [4.78, 5) is 10.9. The Hall–Kier alpha value is -2.37. The molecular weight excluding hydrogens is 302 g/mol. The lowest BCUT2D eigenvalue weighted by molar-refractivity contribution is 0.143. The highest BCUT2D eigenvalue weighted by molar-refractivity contribution is 5.64. The zero-order valence-corrected chi connectivity index (χ0v) is 13.7. The zero-order valence-electron chi connectivity index (χ0n) is 13.7. The van der Waals surface area contributed by atoms with Gasteiger partial charge in [-0.3, -0.25) is 0 Å². The molecule has 24 heavy (non-hydrogen) atoms. The Morgan fingerprint density at radius 3 is 2.04 bits per heavy atom. The molecule has 0 bridgehead atoms. The van der Waals surface area contributed by atoms with Gasteiger partial charge in [-0.25, -0.2) is 4.79 Å². The summed E-state index contributed by atoms with van der Waals surface area (Å²) in [6, 6.07) is 20.1. The van der Waals surface area contributed by atoms with Crippen LogP contribution in [0.5, 0.6) is 0 Å². The summed E-state index contributed by atoms with van der Waals surface area (Å²) in [6.45, 7) is 0.858. The first-order valence-electron chi connectivity index (χ1n) is 8.12. The van der Waals surface area contributed by atoms with E-state index in [0.717, 1.165) is 12.8 Å². The fourth-order valence-electron chi connectivity index (χ4n) is 2.58. The predicted octanol–water partition coefficient (Wildman–Crippen LogP) is 1.85. The molecule has 0 heterocycles. The molecule has 0 aliphatic heterocycles. The summed E-state index contributed by atoms with van der Waals surface area (Å²) in [5, 5.41) is 3.39. The van der Waals surface area contributed by atoms with E-state index >= 15 is 0 Å². The number of amides is 1. The van der Waals surface area contributed by atoms with Gasteiger partial charge in [0.1, 0.15) is 6.61 Å². The van der Waals surface area contributed by atoms with Gasteiger partial charge in [0, 0.05) is 18.6 Å². The van der Waals surface area contributed by atoms with Crippen LogP contribution in [0.2, 0.25) is 0 Å². The standard InChI is InChI=1S/C19H25N3O2/c20-17(11-15-7-3-1-4-8-15)13-22-18(14-24-19(21)23)12-16-9-5-2-6-10-16/h1-10,17-18,22H,11-14,20H2,(H2,21,23)/t17-,18-/m1/s1. The minimum Gasteiger partial charge on any atom is -0.448 e. The quantitative estimate of drug-likeness (QED) is 0.655. The number of nitrogens with two attached hydrogens (primary N) is 2. The van der Waals surface area contributed by atoms with Gasteiger partial charge >= 0.3 is 6.09 Å². The van der Waals surface area contributed by atoms with Crippen molar-refractivity contribution in [2.45, 2.75) is 24.9 Å². The third-order valence-electron chi connectivity index (χ3n) is 3.76. The molecule has 0 saturated heterocycles. The van der Waals surface area contributed by atoms with E-state index in [-0.39, 0.29) is 18.7 Å². The van der Waals surface area contributed by atoms with Crippen molar-refractivity contribution in [3.63, 3.8) is 0 Å². The van der Waals surface area contributed by atoms with Crippen LogP contribution in [0.1, 0.15) is 11.1 Å². The van der Waals surface area contributed by atoms with Crippen molar-refractivity contribution >= 4 is 6.09 Å². The molecular formula is C19H25N3O2. The highest BCUT2D eigenvalue weighted by Gasteiger charge is 2.13. The van der Waals surface area contributed by atoms with Crippen molar-refractivity contribution in [3.8, 4) is 0 Å². The lowest BCUT2D eigenvalue weighted by Crippen LogP contribution is -2.44. The second-order valence-electron chi connectivity index (χ2n) is 5.87. The van der Waals surface area contributed by atoms with Gasteiger partial charge in [-0.15, -0.1) is 0 Å². The van der Waals surface area contributed by atoms with Crippen molar-refractivity contribution in [3.05, 3.63) is 71.8 Å². The Bertz CT molecular complexity index is 605. The average molecular weight is 327 g/mol. The van der Waals surface area contributed by atoms with Crippen molar-refractivity contribution in [1.29, 1.82) is 0 Å². The van der Waals surface area contributed by atoms with Crippen LogP contribution in [0.4, 0.5) is 4.79 Å². The number of rotatable bonds is 9. The zero-order chi connectivity index (χ0) is 17.2. The molecule has 128 valence electrons. The minimum atomic E-state index is -0.761. The number of ether oxygens (including phenoxy) is 1. The second-order valence-corrected chi connectivity index (χ2v) is 5.87. The molecule has 5 heteroatoms. The van der Waals surface area contributed by atoms with Gasteiger partial charge in [0.25, 0.3) is 0 Å². The summed E-state index contributed by atoms with van der Waals surface area (Å²) in [5.74, 6) is 0. The van der Waals surface area contributed by atoms with E-state index in [2.05, 4.69) is 17.4 Å². The Labute approximate surface area is 143 Å². The number of nitrogens with one attached hydrogen (secondary N) is 1. The summed E-state index contributed by atoms with van der Waals surface area (Å²) >= 11 is 0. The largest absolute Gasteiger partial charge is 0.448 e. The first kappa shape index (κ1) is 18.0. The molecule has 2 aromatic carbocycles. The molecule has 0 aliphatic carbocycles. The molecule has 0 spiro atoms. The Morgan fingerprint density at radius 2 is 1.50 bits per heavy atom. The molecule has 1 amide bonds. The number of hydrogen-bond donors (Lipinski definition) is 3. The van der Waals surface area contributed by atoms with Crippen LogP contribution < -0.4 is 16.8 Å². The van der Waals surface area contributed by atoms with Crippen LogP contribution >= 0.6 is 0 Å². The number of carbonyl (C=O) groups is 1. The predicted molar refractivity (Wildman–Crippen MR) is 95.6 cm³/mol. The minimum absolute atomic E-state index is 0.0146. The Balaban J connectivity index is 1.85. The SMILES string of the molecule is NC(=O)OC[C@@H](Cc1ccccc1)NC[C@H](N)Cc1ccccc1. The van der Waals surface area contributed by atoms with Crippen LogP contribution in [0.15, 0.2) is 60.7 Å². The first-order chi connectivity index (χ1) is 11.6.